The van der Waals surface area contributed by atoms with Gasteiger partial charge in [0.05, 0.1) is 39.9 Å². The third-order valence-electron chi connectivity index (χ3n) is 8.09. The number of benzene rings is 2. The highest BCUT2D eigenvalue weighted by Gasteiger charge is 2.39. The third kappa shape index (κ3) is 5.42. The van der Waals surface area contributed by atoms with Crippen LogP contribution in [0.5, 0.6) is 23.0 Å². The summed E-state index contributed by atoms with van der Waals surface area (Å²) in [5, 5.41) is 10.6. The van der Waals surface area contributed by atoms with Crippen LogP contribution < -0.4 is 18.9 Å². The number of likely N-dealkylation sites (N-methyl/N-ethyl adjacent to an activating group) is 1. The molecule has 6 heteroatoms. The lowest BCUT2D eigenvalue weighted by Gasteiger charge is -2.37. The van der Waals surface area contributed by atoms with E-state index in [4.69, 9.17) is 18.9 Å². The van der Waals surface area contributed by atoms with Crippen molar-refractivity contribution < 1.29 is 18.9 Å². The quantitative estimate of drug-likeness (QED) is 0.353. The van der Waals surface area contributed by atoms with Gasteiger partial charge in [0.2, 0.25) is 0 Å². The van der Waals surface area contributed by atoms with E-state index in [1.54, 1.807) is 28.4 Å². The first kappa shape index (κ1) is 27.7. The highest BCUT2D eigenvalue weighted by atomic mass is 16.5. The lowest BCUT2D eigenvalue weighted by atomic mass is 9.66. The Balaban J connectivity index is 1.83. The summed E-state index contributed by atoms with van der Waals surface area (Å²) in [6.07, 6.45) is 5.69. The molecular formula is C30H42N2O4. The van der Waals surface area contributed by atoms with Crippen molar-refractivity contribution in [2.45, 2.75) is 70.4 Å². The summed E-state index contributed by atoms with van der Waals surface area (Å²) in [5.74, 6) is 3.19. The molecule has 0 saturated carbocycles. The van der Waals surface area contributed by atoms with E-state index in [0.717, 1.165) is 62.1 Å². The Labute approximate surface area is 217 Å². The van der Waals surface area contributed by atoms with E-state index >= 15 is 0 Å². The number of ether oxygens (including phenoxy) is 4. The van der Waals surface area contributed by atoms with Gasteiger partial charge in [-0.1, -0.05) is 32.8 Å². The average Bonchev–Trinajstić information content (AvgIpc) is 2.91. The molecule has 2 unspecified atom stereocenters. The van der Waals surface area contributed by atoms with Gasteiger partial charge in [-0.15, -0.1) is 0 Å². The van der Waals surface area contributed by atoms with Crippen molar-refractivity contribution >= 4 is 0 Å². The first-order chi connectivity index (χ1) is 17.4. The fourth-order valence-corrected chi connectivity index (χ4v) is 5.94. The van der Waals surface area contributed by atoms with Crippen LogP contribution in [0.1, 0.15) is 62.6 Å². The SMILES string of the molecule is CCC(CC)C(C#N)(CCCC1Cc2cc(OC)c(OC)cc2CN1C)c1ccc(OC)c(OC)c1. The number of fused-ring (bicyclic) bond motifs is 1. The summed E-state index contributed by atoms with van der Waals surface area (Å²) in [7, 11) is 8.84. The molecule has 0 spiro atoms. The lowest BCUT2D eigenvalue weighted by Crippen LogP contribution is -2.38. The van der Waals surface area contributed by atoms with E-state index in [2.05, 4.69) is 44.0 Å². The maximum atomic E-state index is 10.6. The van der Waals surface area contributed by atoms with E-state index in [-0.39, 0.29) is 5.92 Å². The number of methoxy groups -OCH3 is 4. The van der Waals surface area contributed by atoms with Gasteiger partial charge in [0.25, 0.3) is 0 Å². The van der Waals surface area contributed by atoms with Crippen LogP contribution in [-0.4, -0.2) is 46.4 Å². The summed E-state index contributed by atoms with van der Waals surface area (Å²) in [6, 6.07) is 13.4. The highest BCUT2D eigenvalue weighted by Crippen LogP contribution is 2.44. The molecule has 1 heterocycles. The van der Waals surface area contributed by atoms with Gasteiger partial charge in [-0.3, -0.25) is 4.90 Å². The molecule has 3 rings (SSSR count). The van der Waals surface area contributed by atoms with Crippen LogP contribution in [0.3, 0.4) is 0 Å². The summed E-state index contributed by atoms with van der Waals surface area (Å²) >= 11 is 0. The van der Waals surface area contributed by atoms with Crippen molar-refractivity contribution in [1.82, 2.24) is 4.90 Å². The largest absolute Gasteiger partial charge is 0.493 e. The van der Waals surface area contributed by atoms with E-state index in [1.807, 2.05) is 18.2 Å². The molecule has 0 bridgehead atoms. The second-order valence-electron chi connectivity index (χ2n) is 9.81. The standard InChI is InChI=1S/C30H42N2O4/c1-8-23(9-2)30(20-31,24-12-13-26(33-4)29(18-24)36-7)14-10-11-25-15-21-16-27(34-5)28(35-6)17-22(21)19-32(25)3/h12-13,16-18,23,25H,8-11,14-15,19H2,1-7H3. The van der Waals surface area contributed by atoms with Gasteiger partial charge in [-0.05, 0) is 79.6 Å². The van der Waals surface area contributed by atoms with Crippen molar-refractivity contribution in [3.05, 3.63) is 47.0 Å². The fourth-order valence-electron chi connectivity index (χ4n) is 5.94. The second kappa shape index (κ2) is 12.4. The van der Waals surface area contributed by atoms with Crippen LogP contribution >= 0.6 is 0 Å². The van der Waals surface area contributed by atoms with Gasteiger partial charge in [-0.2, -0.15) is 5.26 Å². The zero-order chi connectivity index (χ0) is 26.3. The van der Waals surface area contributed by atoms with Gasteiger partial charge >= 0.3 is 0 Å². The van der Waals surface area contributed by atoms with Crippen molar-refractivity contribution in [1.29, 1.82) is 5.26 Å². The topological polar surface area (TPSA) is 64.0 Å². The Morgan fingerprint density at radius 3 is 2.06 bits per heavy atom. The van der Waals surface area contributed by atoms with Crippen LogP contribution in [-0.2, 0) is 18.4 Å². The summed E-state index contributed by atoms with van der Waals surface area (Å²) < 4.78 is 22.1. The number of nitriles is 1. The van der Waals surface area contributed by atoms with Gasteiger partial charge in [0, 0.05) is 12.6 Å². The fraction of sp³-hybridized carbons (Fsp3) is 0.567. The van der Waals surface area contributed by atoms with Gasteiger partial charge in [0.15, 0.2) is 23.0 Å². The molecule has 2 aromatic rings. The minimum Gasteiger partial charge on any atom is -0.493 e. The molecule has 196 valence electrons. The predicted molar refractivity (Wildman–Crippen MR) is 143 cm³/mol. The summed E-state index contributed by atoms with van der Waals surface area (Å²) in [5.41, 5.74) is 3.07. The van der Waals surface area contributed by atoms with E-state index in [9.17, 15) is 5.26 Å². The average molecular weight is 495 g/mol. The molecule has 0 radical (unpaired) electrons. The summed E-state index contributed by atoms with van der Waals surface area (Å²) in [4.78, 5) is 2.43. The highest BCUT2D eigenvalue weighted by molar-refractivity contribution is 5.49. The minimum atomic E-state index is -0.565. The van der Waals surface area contributed by atoms with Crippen LogP contribution in [0.2, 0.25) is 0 Å². The Morgan fingerprint density at radius 1 is 0.917 bits per heavy atom. The second-order valence-corrected chi connectivity index (χ2v) is 9.81. The molecular weight excluding hydrogens is 452 g/mol. The van der Waals surface area contributed by atoms with Crippen molar-refractivity contribution in [2.75, 3.05) is 35.5 Å². The molecule has 1 aliphatic heterocycles. The van der Waals surface area contributed by atoms with Crippen molar-refractivity contribution in [3.8, 4) is 29.1 Å². The Hall–Kier alpha value is -2.91. The maximum absolute atomic E-state index is 10.6. The Kier molecular flexibility index (Phi) is 9.50. The molecule has 2 atom stereocenters. The molecule has 0 fully saturated rings. The molecule has 0 N–H and O–H groups in total. The summed E-state index contributed by atoms with van der Waals surface area (Å²) in [6.45, 7) is 5.26. The maximum Gasteiger partial charge on any atom is 0.161 e. The normalized spacial score (nSPS) is 17.1. The van der Waals surface area contributed by atoms with Crippen molar-refractivity contribution in [3.63, 3.8) is 0 Å². The first-order valence-corrected chi connectivity index (χ1v) is 13.0. The smallest absolute Gasteiger partial charge is 0.161 e. The lowest BCUT2D eigenvalue weighted by molar-refractivity contribution is 0.192. The van der Waals surface area contributed by atoms with Crippen molar-refractivity contribution in [2.24, 2.45) is 5.92 Å². The van der Waals surface area contributed by atoms with Crippen LogP contribution in [0, 0.1) is 17.2 Å². The number of hydrogen-bond acceptors (Lipinski definition) is 6. The third-order valence-corrected chi connectivity index (χ3v) is 8.09. The molecule has 36 heavy (non-hydrogen) atoms. The number of nitrogens with zero attached hydrogens (tertiary/aromatic N) is 2. The first-order valence-electron chi connectivity index (χ1n) is 13.0. The molecule has 1 aliphatic rings. The molecule has 0 aromatic heterocycles. The van der Waals surface area contributed by atoms with E-state index in [0.29, 0.717) is 17.5 Å². The van der Waals surface area contributed by atoms with Crippen LogP contribution in [0.15, 0.2) is 30.3 Å². The number of hydrogen-bond donors (Lipinski definition) is 0. The molecule has 2 aromatic carbocycles. The molecule has 0 amide bonds. The monoisotopic (exact) mass is 494 g/mol. The van der Waals surface area contributed by atoms with E-state index in [1.165, 1.54) is 11.1 Å². The van der Waals surface area contributed by atoms with Gasteiger partial charge < -0.3 is 18.9 Å². The predicted octanol–water partition coefficient (Wildman–Crippen LogP) is 6.15. The molecule has 0 aliphatic carbocycles. The zero-order valence-electron chi connectivity index (χ0n) is 23.0. The van der Waals surface area contributed by atoms with Gasteiger partial charge in [-0.25, -0.2) is 0 Å². The minimum absolute atomic E-state index is 0.266. The molecule has 6 nitrogen and oxygen atoms in total. The number of rotatable bonds is 12. The van der Waals surface area contributed by atoms with Crippen LogP contribution in [0.25, 0.3) is 0 Å². The Morgan fingerprint density at radius 2 is 1.50 bits per heavy atom. The Bertz CT molecular complexity index is 1060. The molecule has 0 saturated heterocycles. The zero-order valence-corrected chi connectivity index (χ0v) is 23.0. The van der Waals surface area contributed by atoms with E-state index < -0.39 is 5.41 Å². The van der Waals surface area contributed by atoms with Crippen LogP contribution in [0.4, 0.5) is 0 Å². The van der Waals surface area contributed by atoms with Gasteiger partial charge in [0.1, 0.15) is 0 Å².